The Hall–Kier alpha value is -0.770. The number of hydrogen-bond donors (Lipinski definition) is 1. The third kappa shape index (κ3) is 1.43. The van der Waals surface area contributed by atoms with E-state index in [4.69, 9.17) is 23.2 Å². The average molecular weight is 316 g/mol. The van der Waals surface area contributed by atoms with Crippen LogP contribution in [0.15, 0.2) is 28.9 Å². The first kappa shape index (κ1) is 10.4. The van der Waals surface area contributed by atoms with Crippen molar-refractivity contribution >= 4 is 60.9 Å². The number of hydrogen-bond acceptors (Lipinski definition) is 1. The molecule has 1 N–H and O–H groups in total. The first-order valence-corrected chi connectivity index (χ1v) is 6.12. The summed E-state index contributed by atoms with van der Waals surface area (Å²) in [7, 11) is 0. The summed E-state index contributed by atoms with van der Waals surface area (Å²) < 4.78 is 0.888. The van der Waals surface area contributed by atoms with Gasteiger partial charge in [-0.25, -0.2) is 4.98 Å². The number of pyridine rings is 1. The molecular weight excluding hydrogens is 311 g/mol. The lowest BCUT2D eigenvalue weighted by Gasteiger charge is -1.96. The summed E-state index contributed by atoms with van der Waals surface area (Å²) >= 11 is 15.5. The van der Waals surface area contributed by atoms with E-state index < -0.39 is 0 Å². The molecule has 0 radical (unpaired) electrons. The molecule has 2 nitrogen and oxygen atoms in total. The molecule has 2 heterocycles. The van der Waals surface area contributed by atoms with Crippen molar-refractivity contribution in [2.24, 2.45) is 0 Å². The number of benzene rings is 1. The van der Waals surface area contributed by atoms with E-state index in [1.165, 1.54) is 0 Å². The summed E-state index contributed by atoms with van der Waals surface area (Å²) in [6.45, 7) is 0. The van der Waals surface area contributed by atoms with Gasteiger partial charge in [0.05, 0.1) is 9.99 Å². The highest BCUT2D eigenvalue weighted by Crippen LogP contribution is 2.35. The van der Waals surface area contributed by atoms with Crippen LogP contribution in [0.25, 0.3) is 21.8 Å². The van der Waals surface area contributed by atoms with E-state index in [0.29, 0.717) is 10.2 Å². The summed E-state index contributed by atoms with van der Waals surface area (Å²) in [4.78, 5) is 7.40. The fourth-order valence-corrected chi connectivity index (χ4v) is 2.62. The van der Waals surface area contributed by atoms with Crippen LogP contribution in [0.1, 0.15) is 0 Å². The van der Waals surface area contributed by atoms with Crippen LogP contribution in [0.5, 0.6) is 0 Å². The van der Waals surface area contributed by atoms with E-state index in [9.17, 15) is 0 Å². The van der Waals surface area contributed by atoms with Crippen LogP contribution in [-0.4, -0.2) is 9.97 Å². The molecule has 3 rings (SSSR count). The molecule has 2 aromatic heterocycles. The number of fused-ring (bicyclic) bond motifs is 3. The molecule has 0 saturated carbocycles. The number of nitrogens with zero attached hydrogens (tertiary/aromatic N) is 1. The molecule has 0 fully saturated rings. The van der Waals surface area contributed by atoms with Gasteiger partial charge in [-0.3, -0.25) is 0 Å². The van der Waals surface area contributed by atoms with Crippen molar-refractivity contribution in [1.29, 1.82) is 0 Å². The molecule has 0 spiro atoms. The zero-order chi connectivity index (χ0) is 11.3. The minimum absolute atomic E-state index is 0.478. The Kier molecular flexibility index (Phi) is 2.35. The first-order valence-electron chi connectivity index (χ1n) is 4.58. The van der Waals surface area contributed by atoms with Gasteiger partial charge in [0.2, 0.25) is 0 Å². The van der Waals surface area contributed by atoms with Gasteiger partial charge < -0.3 is 4.98 Å². The first-order chi connectivity index (χ1) is 7.66. The van der Waals surface area contributed by atoms with Crippen LogP contribution in [0.4, 0.5) is 0 Å². The van der Waals surface area contributed by atoms with Gasteiger partial charge >= 0.3 is 0 Å². The predicted molar refractivity (Wildman–Crippen MR) is 71.3 cm³/mol. The highest BCUT2D eigenvalue weighted by atomic mass is 79.9. The van der Waals surface area contributed by atoms with Gasteiger partial charge in [0.15, 0.2) is 0 Å². The summed E-state index contributed by atoms with van der Waals surface area (Å²) in [5.74, 6) is 0. The zero-order valence-corrected chi connectivity index (χ0v) is 11.0. The van der Waals surface area contributed by atoms with Crippen molar-refractivity contribution in [3.8, 4) is 0 Å². The lowest BCUT2D eigenvalue weighted by Crippen LogP contribution is -1.77. The summed E-state index contributed by atoms with van der Waals surface area (Å²) in [5, 5.41) is 3.05. The van der Waals surface area contributed by atoms with Gasteiger partial charge in [0, 0.05) is 27.5 Å². The monoisotopic (exact) mass is 314 g/mol. The van der Waals surface area contributed by atoms with Crippen LogP contribution in [0, 0.1) is 0 Å². The second-order valence-corrected chi connectivity index (χ2v) is 5.11. The number of rotatable bonds is 0. The summed E-state index contributed by atoms with van der Waals surface area (Å²) in [6, 6.07) is 5.66. The summed E-state index contributed by atoms with van der Waals surface area (Å²) in [5.41, 5.74) is 1.94. The van der Waals surface area contributed by atoms with E-state index in [0.717, 1.165) is 26.3 Å². The van der Waals surface area contributed by atoms with Crippen LogP contribution in [0.2, 0.25) is 10.2 Å². The quantitative estimate of drug-likeness (QED) is 0.594. The highest BCUT2D eigenvalue weighted by molar-refractivity contribution is 9.10. The van der Waals surface area contributed by atoms with Crippen molar-refractivity contribution in [1.82, 2.24) is 9.97 Å². The minimum atomic E-state index is 0.478. The zero-order valence-electron chi connectivity index (χ0n) is 7.89. The van der Waals surface area contributed by atoms with Gasteiger partial charge in [-0.15, -0.1) is 0 Å². The Balaban J connectivity index is 2.62. The molecule has 0 aliphatic rings. The Bertz CT molecular complexity index is 706. The molecule has 0 amide bonds. The van der Waals surface area contributed by atoms with E-state index in [2.05, 4.69) is 25.9 Å². The smallest absolute Gasteiger partial charge is 0.139 e. The van der Waals surface area contributed by atoms with Crippen molar-refractivity contribution in [2.75, 3.05) is 0 Å². The van der Waals surface area contributed by atoms with Gasteiger partial charge in [0.1, 0.15) is 5.15 Å². The van der Waals surface area contributed by atoms with Crippen molar-refractivity contribution in [3.05, 3.63) is 39.0 Å². The molecule has 80 valence electrons. The van der Waals surface area contributed by atoms with Crippen LogP contribution in [-0.2, 0) is 0 Å². The molecule has 0 aliphatic heterocycles. The Morgan fingerprint density at radius 2 is 2.06 bits per heavy atom. The molecule has 0 bridgehead atoms. The standard InChI is InChI=1S/C11H5BrCl2N2/c12-7-4-15-11(14)9-6-3-5(13)1-2-8(6)16-10(7)9/h1-4,16H. The molecule has 1 aromatic carbocycles. The third-order valence-corrected chi connectivity index (χ3v) is 3.62. The maximum atomic E-state index is 6.11. The van der Waals surface area contributed by atoms with E-state index in [1.54, 1.807) is 6.20 Å². The SMILES string of the molecule is Clc1ccc2[nH]c3c(Br)cnc(Cl)c3c2c1. The second kappa shape index (κ2) is 3.62. The minimum Gasteiger partial charge on any atom is -0.353 e. The van der Waals surface area contributed by atoms with E-state index >= 15 is 0 Å². The Labute approximate surface area is 110 Å². The number of aromatic nitrogens is 2. The molecule has 0 unspecified atom stereocenters. The maximum Gasteiger partial charge on any atom is 0.139 e. The van der Waals surface area contributed by atoms with Gasteiger partial charge in [-0.05, 0) is 34.1 Å². The Morgan fingerprint density at radius 3 is 2.88 bits per heavy atom. The summed E-state index contributed by atoms with van der Waals surface area (Å²) in [6.07, 6.45) is 1.68. The van der Waals surface area contributed by atoms with Crippen LogP contribution < -0.4 is 0 Å². The van der Waals surface area contributed by atoms with Gasteiger partial charge in [-0.1, -0.05) is 23.2 Å². The van der Waals surface area contributed by atoms with E-state index in [-0.39, 0.29) is 0 Å². The van der Waals surface area contributed by atoms with Gasteiger partial charge in [0.25, 0.3) is 0 Å². The topological polar surface area (TPSA) is 28.7 Å². The number of H-pyrrole nitrogens is 1. The normalized spacial score (nSPS) is 11.4. The third-order valence-electron chi connectivity index (χ3n) is 2.50. The van der Waals surface area contributed by atoms with Crippen molar-refractivity contribution in [2.45, 2.75) is 0 Å². The van der Waals surface area contributed by atoms with Gasteiger partial charge in [-0.2, -0.15) is 0 Å². The molecule has 0 atom stereocenters. The average Bonchev–Trinajstić information content (AvgIpc) is 2.63. The van der Waals surface area contributed by atoms with Crippen molar-refractivity contribution < 1.29 is 0 Å². The number of halogens is 3. The fourth-order valence-electron chi connectivity index (χ4n) is 1.80. The number of aromatic amines is 1. The molecule has 16 heavy (non-hydrogen) atoms. The molecule has 3 aromatic rings. The van der Waals surface area contributed by atoms with E-state index in [1.807, 2.05) is 18.2 Å². The fraction of sp³-hybridized carbons (Fsp3) is 0. The van der Waals surface area contributed by atoms with Crippen LogP contribution in [0.3, 0.4) is 0 Å². The molecule has 0 aliphatic carbocycles. The van der Waals surface area contributed by atoms with Crippen LogP contribution >= 0.6 is 39.1 Å². The molecular formula is C11H5BrCl2N2. The molecule has 0 saturated heterocycles. The molecule has 5 heteroatoms. The lowest BCUT2D eigenvalue weighted by atomic mass is 10.2. The predicted octanol–water partition coefficient (Wildman–Crippen LogP) is 4.79. The highest BCUT2D eigenvalue weighted by Gasteiger charge is 2.11. The number of nitrogens with one attached hydrogen (secondary N) is 1. The maximum absolute atomic E-state index is 6.11. The van der Waals surface area contributed by atoms with Crippen molar-refractivity contribution in [3.63, 3.8) is 0 Å². The second-order valence-electron chi connectivity index (χ2n) is 3.46. The lowest BCUT2D eigenvalue weighted by molar-refractivity contribution is 1.34. The Morgan fingerprint density at radius 1 is 1.25 bits per heavy atom. The largest absolute Gasteiger partial charge is 0.353 e.